The van der Waals surface area contributed by atoms with E-state index in [1.54, 1.807) is 6.92 Å². The van der Waals surface area contributed by atoms with Crippen LogP contribution in [0.25, 0.3) is 0 Å². The number of hydrogen-bond acceptors (Lipinski definition) is 2. The summed E-state index contributed by atoms with van der Waals surface area (Å²) in [5.74, 6) is 14.9. The third-order valence-corrected chi connectivity index (χ3v) is 0.954. The van der Waals surface area contributed by atoms with Crippen molar-refractivity contribution in [1.29, 1.82) is 0 Å². The smallest absolute Gasteiger partial charge is 0.117 e. The van der Waals surface area contributed by atoms with Gasteiger partial charge in [0.25, 0.3) is 0 Å². The Bertz CT molecular complexity index is 285. The van der Waals surface area contributed by atoms with Crippen molar-refractivity contribution in [2.24, 2.45) is 0 Å². The third-order valence-electron chi connectivity index (χ3n) is 0.954. The molecule has 0 rings (SSSR count). The van der Waals surface area contributed by atoms with Gasteiger partial charge in [-0.05, 0) is 30.6 Å². The first-order valence-electron chi connectivity index (χ1n) is 3.52. The van der Waals surface area contributed by atoms with E-state index >= 15 is 0 Å². The quantitative estimate of drug-likeness (QED) is 0.550. The van der Waals surface area contributed by atoms with Crippen LogP contribution in [0.1, 0.15) is 13.3 Å². The van der Waals surface area contributed by atoms with Gasteiger partial charge in [0.1, 0.15) is 6.10 Å². The van der Waals surface area contributed by atoms with E-state index in [-0.39, 0.29) is 13.0 Å². The molecule has 0 aromatic heterocycles. The zero-order valence-electron chi connectivity index (χ0n) is 6.89. The number of aliphatic hydroxyl groups is 2. The predicted molar refractivity (Wildman–Crippen MR) is 46.7 cm³/mol. The van der Waals surface area contributed by atoms with Crippen LogP contribution in [0.4, 0.5) is 0 Å². The van der Waals surface area contributed by atoms with Crippen molar-refractivity contribution in [3.8, 4) is 35.5 Å². The fraction of sp³-hybridized carbons (Fsp3) is 0.400. The van der Waals surface area contributed by atoms with E-state index < -0.39 is 6.10 Å². The fourth-order valence-corrected chi connectivity index (χ4v) is 0.439. The summed E-state index contributed by atoms with van der Waals surface area (Å²) in [5.41, 5.74) is 0. The van der Waals surface area contributed by atoms with Crippen LogP contribution >= 0.6 is 0 Å². The molecule has 0 unspecified atom stereocenters. The summed E-state index contributed by atoms with van der Waals surface area (Å²) in [6, 6.07) is 0. The molecule has 0 bridgehead atoms. The van der Waals surface area contributed by atoms with Crippen LogP contribution in [0.3, 0.4) is 0 Å². The van der Waals surface area contributed by atoms with E-state index in [0.29, 0.717) is 0 Å². The van der Waals surface area contributed by atoms with Crippen LogP contribution in [0.5, 0.6) is 0 Å². The predicted octanol–water partition coefficient (Wildman–Crippen LogP) is -0.240. The van der Waals surface area contributed by atoms with Gasteiger partial charge in [0.15, 0.2) is 0 Å². The molecule has 12 heavy (non-hydrogen) atoms. The van der Waals surface area contributed by atoms with Gasteiger partial charge >= 0.3 is 0 Å². The minimum Gasteiger partial charge on any atom is -0.396 e. The summed E-state index contributed by atoms with van der Waals surface area (Å²) in [6.45, 7) is 1.61. The maximum absolute atomic E-state index is 8.97. The molecule has 1 atom stereocenters. The van der Waals surface area contributed by atoms with Gasteiger partial charge in [-0.1, -0.05) is 11.8 Å². The molecule has 0 radical (unpaired) electrons. The first-order chi connectivity index (χ1) is 5.81. The van der Waals surface area contributed by atoms with E-state index in [9.17, 15) is 0 Å². The van der Waals surface area contributed by atoms with Crippen LogP contribution in [-0.4, -0.2) is 22.9 Å². The third kappa shape index (κ3) is 6.72. The number of hydrogen-bond donors (Lipinski definition) is 2. The van der Waals surface area contributed by atoms with Crippen LogP contribution in [-0.2, 0) is 0 Å². The topological polar surface area (TPSA) is 40.5 Å². The van der Waals surface area contributed by atoms with Gasteiger partial charge in [-0.25, -0.2) is 0 Å². The number of aliphatic hydroxyl groups excluding tert-OH is 2. The first-order valence-corrected chi connectivity index (χ1v) is 3.52. The Balaban J connectivity index is 3.87. The fourth-order valence-electron chi connectivity index (χ4n) is 0.439. The molecule has 0 aromatic rings. The highest BCUT2D eigenvalue weighted by Gasteiger charge is 1.94. The molecule has 0 fully saturated rings. The maximum Gasteiger partial charge on any atom is 0.117 e. The minimum absolute atomic E-state index is 0.0714. The SMILES string of the molecule is CC#CC#CC#C[C@@H](O)CCO. The second kappa shape index (κ2) is 7.70. The summed E-state index contributed by atoms with van der Waals surface area (Å²) in [7, 11) is 0. The van der Waals surface area contributed by atoms with Crippen molar-refractivity contribution in [2.75, 3.05) is 6.61 Å². The van der Waals surface area contributed by atoms with E-state index in [1.165, 1.54) is 0 Å². The molecule has 0 aliphatic heterocycles. The van der Waals surface area contributed by atoms with Gasteiger partial charge in [0, 0.05) is 13.0 Å². The van der Waals surface area contributed by atoms with Gasteiger partial charge in [0.2, 0.25) is 0 Å². The van der Waals surface area contributed by atoms with E-state index in [4.69, 9.17) is 10.2 Å². The largest absolute Gasteiger partial charge is 0.396 e. The molecule has 0 spiro atoms. The van der Waals surface area contributed by atoms with E-state index in [1.807, 2.05) is 0 Å². The Morgan fingerprint density at radius 1 is 1.17 bits per heavy atom. The highest BCUT2D eigenvalue weighted by molar-refractivity contribution is 5.35. The standard InChI is InChI=1S/C10H10O2/c1-2-3-4-5-6-7-10(12)8-9-11/h10-12H,8-9H2,1H3/t10-/m1/s1. The lowest BCUT2D eigenvalue weighted by atomic mass is 10.3. The molecular formula is C10H10O2. The molecule has 62 valence electrons. The molecule has 2 nitrogen and oxygen atoms in total. The highest BCUT2D eigenvalue weighted by atomic mass is 16.3. The molecular weight excluding hydrogens is 152 g/mol. The summed E-state index contributed by atoms with van der Waals surface area (Å²) in [5, 5.41) is 17.4. The lowest BCUT2D eigenvalue weighted by molar-refractivity contribution is 0.177. The van der Waals surface area contributed by atoms with Crippen LogP contribution in [0, 0.1) is 35.5 Å². The first kappa shape index (κ1) is 10.6. The lowest BCUT2D eigenvalue weighted by Crippen LogP contribution is -2.04. The summed E-state index contributed by atoms with van der Waals surface area (Å²) in [6.07, 6.45) is -0.535. The van der Waals surface area contributed by atoms with Gasteiger partial charge in [-0.15, -0.1) is 0 Å². The van der Waals surface area contributed by atoms with Gasteiger partial charge in [-0.3, -0.25) is 0 Å². The molecule has 0 heterocycles. The highest BCUT2D eigenvalue weighted by Crippen LogP contribution is 1.85. The van der Waals surface area contributed by atoms with E-state index in [2.05, 4.69) is 35.5 Å². The Morgan fingerprint density at radius 3 is 2.42 bits per heavy atom. The van der Waals surface area contributed by atoms with Gasteiger partial charge < -0.3 is 10.2 Å². The molecule has 0 saturated carbocycles. The average molecular weight is 162 g/mol. The van der Waals surface area contributed by atoms with Crippen molar-refractivity contribution in [3.63, 3.8) is 0 Å². The van der Waals surface area contributed by atoms with Crippen LogP contribution < -0.4 is 0 Å². The summed E-state index contributed by atoms with van der Waals surface area (Å²) in [4.78, 5) is 0. The zero-order chi connectivity index (χ0) is 9.23. The van der Waals surface area contributed by atoms with Crippen molar-refractivity contribution in [1.82, 2.24) is 0 Å². The number of rotatable bonds is 2. The minimum atomic E-state index is -0.793. The maximum atomic E-state index is 8.97. The van der Waals surface area contributed by atoms with Crippen LogP contribution in [0.15, 0.2) is 0 Å². The van der Waals surface area contributed by atoms with E-state index in [0.717, 1.165) is 0 Å². The van der Waals surface area contributed by atoms with Gasteiger partial charge in [-0.2, -0.15) is 0 Å². The average Bonchev–Trinajstić information content (AvgIpc) is 2.05. The summed E-state index contributed by atoms with van der Waals surface area (Å²) >= 11 is 0. The van der Waals surface area contributed by atoms with Crippen molar-refractivity contribution in [2.45, 2.75) is 19.4 Å². The van der Waals surface area contributed by atoms with Crippen LogP contribution in [0.2, 0.25) is 0 Å². The van der Waals surface area contributed by atoms with Crippen molar-refractivity contribution in [3.05, 3.63) is 0 Å². The molecule has 0 saturated heterocycles. The zero-order valence-corrected chi connectivity index (χ0v) is 6.89. The lowest BCUT2D eigenvalue weighted by Gasteiger charge is -1.95. The molecule has 2 N–H and O–H groups in total. The van der Waals surface area contributed by atoms with Crippen molar-refractivity contribution < 1.29 is 10.2 Å². The molecule has 2 heteroatoms. The Morgan fingerprint density at radius 2 is 1.83 bits per heavy atom. The second-order valence-electron chi connectivity index (χ2n) is 1.92. The second-order valence-corrected chi connectivity index (χ2v) is 1.92. The van der Waals surface area contributed by atoms with Crippen molar-refractivity contribution >= 4 is 0 Å². The summed E-state index contributed by atoms with van der Waals surface area (Å²) < 4.78 is 0. The normalized spacial score (nSPS) is 9.25. The Hall–Kier alpha value is -1.40. The molecule has 0 aliphatic carbocycles. The monoisotopic (exact) mass is 162 g/mol. The van der Waals surface area contributed by atoms with Gasteiger partial charge in [0.05, 0.1) is 0 Å². The molecule has 0 aromatic carbocycles. The molecule has 0 amide bonds. The Labute approximate surface area is 72.6 Å². The Kier molecular flexibility index (Phi) is 6.81. The molecule has 0 aliphatic rings.